The number of carboxylic acid groups (broad SMARTS) is 1. The zero-order valence-electron chi connectivity index (χ0n) is 9.05. The number of aliphatic carboxylic acids is 1. The Balaban J connectivity index is 2.18. The van der Waals surface area contributed by atoms with Crippen molar-refractivity contribution >= 4 is 5.97 Å². The van der Waals surface area contributed by atoms with Crippen LogP contribution in [0.4, 0.5) is 0 Å². The summed E-state index contributed by atoms with van der Waals surface area (Å²) < 4.78 is 10.4. The summed E-state index contributed by atoms with van der Waals surface area (Å²) in [5, 5.41) is 8.54. The Bertz CT molecular complexity index is 357. The lowest BCUT2D eigenvalue weighted by Crippen LogP contribution is -2.05. The van der Waals surface area contributed by atoms with Crippen molar-refractivity contribution in [2.24, 2.45) is 0 Å². The van der Waals surface area contributed by atoms with E-state index in [1.807, 2.05) is 30.3 Å². The molecule has 1 N–H and O–H groups in total. The van der Waals surface area contributed by atoms with Crippen LogP contribution in [0.1, 0.15) is 6.92 Å². The van der Waals surface area contributed by atoms with E-state index in [2.05, 4.69) is 0 Å². The molecule has 0 unspecified atom stereocenters. The number of rotatable bonds is 6. The zero-order valence-corrected chi connectivity index (χ0v) is 9.05. The van der Waals surface area contributed by atoms with E-state index in [-0.39, 0.29) is 5.57 Å². The van der Waals surface area contributed by atoms with E-state index in [4.69, 9.17) is 14.6 Å². The maximum Gasteiger partial charge on any atom is 0.334 e. The first-order chi connectivity index (χ1) is 7.70. The van der Waals surface area contributed by atoms with Gasteiger partial charge in [-0.1, -0.05) is 18.2 Å². The third-order valence-corrected chi connectivity index (χ3v) is 1.81. The molecule has 16 heavy (non-hydrogen) atoms. The van der Waals surface area contributed by atoms with E-state index in [0.29, 0.717) is 13.2 Å². The van der Waals surface area contributed by atoms with Crippen LogP contribution in [0.15, 0.2) is 42.2 Å². The van der Waals surface area contributed by atoms with Gasteiger partial charge in [-0.15, -0.1) is 0 Å². The first kappa shape index (κ1) is 12.1. The summed E-state index contributed by atoms with van der Waals surface area (Å²) in [5.74, 6) is -0.214. The Kier molecular flexibility index (Phi) is 4.92. The number of para-hydroxylation sites is 1. The molecule has 1 aromatic rings. The van der Waals surface area contributed by atoms with Gasteiger partial charge in [-0.3, -0.25) is 0 Å². The highest BCUT2D eigenvalue weighted by Crippen LogP contribution is 2.07. The summed E-state index contributed by atoms with van der Waals surface area (Å²) in [6.07, 6.45) is 1.22. The minimum atomic E-state index is -0.982. The quantitative estimate of drug-likeness (QED) is 0.455. The predicted octanol–water partition coefficient (Wildman–Crippen LogP) is 2.07. The van der Waals surface area contributed by atoms with Gasteiger partial charge in [-0.25, -0.2) is 4.79 Å². The van der Waals surface area contributed by atoms with E-state index < -0.39 is 5.97 Å². The highest BCUT2D eigenvalue weighted by molar-refractivity contribution is 5.85. The molecule has 1 aromatic carbocycles. The minimum absolute atomic E-state index is 0.166. The molecule has 0 fully saturated rings. The lowest BCUT2D eigenvalue weighted by Gasteiger charge is -2.05. The molecule has 0 aromatic heterocycles. The third kappa shape index (κ3) is 4.50. The molecule has 0 aliphatic rings. The highest BCUT2D eigenvalue weighted by Gasteiger charge is 1.98. The molecule has 0 atom stereocenters. The van der Waals surface area contributed by atoms with Crippen LogP contribution < -0.4 is 4.74 Å². The predicted molar refractivity (Wildman–Crippen MR) is 59.3 cm³/mol. The van der Waals surface area contributed by atoms with Crippen molar-refractivity contribution in [3.05, 3.63) is 42.2 Å². The van der Waals surface area contributed by atoms with E-state index in [1.165, 1.54) is 13.2 Å². The van der Waals surface area contributed by atoms with Crippen molar-refractivity contribution < 1.29 is 19.4 Å². The monoisotopic (exact) mass is 222 g/mol. The molecule has 86 valence electrons. The molecule has 1 rings (SSSR count). The van der Waals surface area contributed by atoms with Crippen LogP contribution in [0, 0.1) is 0 Å². The molecular weight excluding hydrogens is 208 g/mol. The molecule has 0 bridgehead atoms. The van der Waals surface area contributed by atoms with Gasteiger partial charge in [0.1, 0.15) is 19.0 Å². The van der Waals surface area contributed by atoms with E-state index >= 15 is 0 Å². The van der Waals surface area contributed by atoms with Gasteiger partial charge in [-0.05, 0) is 19.1 Å². The van der Waals surface area contributed by atoms with Crippen molar-refractivity contribution in [1.29, 1.82) is 0 Å². The fourth-order valence-corrected chi connectivity index (χ4v) is 0.959. The number of ether oxygens (including phenoxy) is 2. The normalized spacial score (nSPS) is 10.9. The smallest absolute Gasteiger partial charge is 0.334 e. The van der Waals surface area contributed by atoms with Gasteiger partial charge < -0.3 is 14.6 Å². The first-order valence-corrected chi connectivity index (χ1v) is 4.89. The van der Waals surface area contributed by atoms with Crippen molar-refractivity contribution in [3.8, 4) is 5.75 Å². The number of hydrogen-bond acceptors (Lipinski definition) is 3. The maximum absolute atomic E-state index is 10.4. The lowest BCUT2D eigenvalue weighted by molar-refractivity contribution is -0.132. The van der Waals surface area contributed by atoms with Crippen LogP contribution in [0.2, 0.25) is 0 Å². The van der Waals surface area contributed by atoms with E-state index in [1.54, 1.807) is 0 Å². The average molecular weight is 222 g/mol. The van der Waals surface area contributed by atoms with Crippen LogP contribution >= 0.6 is 0 Å². The largest absolute Gasteiger partial charge is 0.497 e. The molecule has 4 heteroatoms. The van der Waals surface area contributed by atoms with Crippen LogP contribution in [-0.4, -0.2) is 24.3 Å². The highest BCUT2D eigenvalue weighted by atomic mass is 16.5. The molecule has 0 aliphatic heterocycles. The second-order valence-corrected chi connectivity index (χ2v) is 3.14. The van der Waals surface area contributed by atoms with Crippen LogP contribution in [0.5, 0.6) is 5.75 Å². The van der Waals surface area contributed by atoms with Gasteiger partial charge in [-0.2, -0.15) is 0 Å². The third-order valence-electron chi connectivity index (χ3n) is 1.81. The summed E-state index contributed by atoms with van der Waals surface area (Å²) >= 11 is 0. The summed E-state index contributed by atoms with van der Waals surface area (Å²) in [4.78, 5) is 10.4. The Morgan fingerprint density at radius 1 is 1.31 bits per heavy atom. The summed E-state index contributed by atoms with van der Waals surface area (Å²) in [6, 6.07) is 9.36. The molecule has 0 spiro atoms. The van der Waals surface area contributed by atoms with Crippen molar-refractivity contribution in [1.82, 2.24) is 0 Å². The van der Waals surface area contributed by atoms with Crippen LogP contribution in [0.25, 0.3) is 0 Å². The van der Waals surface area contributed by atoms with Crippen molar-refractivity contribution in [2.75, 3.05) is 13.2 Å². The number of hydrogen-bond donors (Lipinski definition) is 1. The van der Waals surface area contributed by atoms with Gasteiger partial charge in [0.25, 0.3) is 0 Å². The standard InChI is InChI=1S/C12H14O4/c1-10(12(13)14)9-15-7-8-16-11-5-3-2-4-6-11/h2-6,9H,7-8H2,1H3,(H,13,14). The average Bonchev–Trinajstić information content (AvgIpc) is 2.29. The Labute approximate surface area is 94.1 Å². The molecule has 0 saturated heterocycles. The van der Waals surface area contributed by atoms with Crippen molar-refractivity contribution in [2.45, 2.75) is 6.92 Å². The fraction of sp³-hybridized carbons (Fsp3) is 0.250. The Morgan fingerprint density at radius 2 is 2.00 bits per heavy atom. The van der Waals surface area contributed by atoms with Gasteiger partial charge in [0.15, 0.2) is 0 Å². The Hall–Kier alpha value is -1.97. The maximum atomic E-state index is 10.4. The summed E-state index contributed by atoms with van der Waals surface area (Å²) in [5.41, 5.74) is 0.166. The number of carbonyl (C=O) groups is 1. The van der Waals surface area contributed by atoms with Gasteiger partial charge in [0.05, 0.1) is 11.8 Å². The van der Waals surface area contributed by atoms with Gasteiger partial charge in [0.2, 0.25) is 0 Å². The van der Waals surface area contributed by atoms with Gasteiger partial charge in [0, 0.05) is 0 Å². The molecule has 4 nitrogen and oxygen atoms in total. The molecule has 0 amide bonds. The first-order valence-electron chi connectivity index (χ1n) is 4.89. The molecule has 0 aliphatic carbocycles. The van der Waals surface area contributed by atoms with Crippen LogP contribution in [-0.2, 0) is 9.53 Å². The minimum Gasteiger partial charge on any atom is -0.497 e. The topological polar surface area (TPSA) is 55.8 Å². The molecular formula is C12H14O4. The van der Waals surface area contributed by atoms with E-state index in [9.17, 15) is 4.79 Å². The van der Waals surface area contributed by atoms with Crippen molar-refractivity contribution in [3.63, 3.8) is 0 Å². The molecule has 0 heterocycles. The number of benzene rings is 1. The lowest BCUT2D eigenvalue weighted by atomic mass is 10.3. The second kappa shape index (κ2) is 6.50. The fourth-order valence-electron chi connectivity index (χ4n) is 0.959. The van der Waals surface area contributed by atoms with Gasteiger partial charge >= 0.3 is 5.97 Å². The SMILES string of the molecule is CC(=COCCOc1ccccc1)C(=O)O. The summed E-state index contributed by atoms with van der Waals surface area (Å²) in [6.45, 7) is 2.17. The zero-order chi connectivity index (χ0) is 11.8. The van der Waals surface area contributed by atoms with E-state index in [0.717, 1.165) is 5.75 Å². The van der Waals surface area contributed by atoms with Crippen LogP contribution in [0.3, 0.4) is 0 Å². The Morgan fingerprint density at radius 3 is 2.62 bits per heavy atom. The molecule has 0 saturated carbocycles. The number of carboxylic acids is 1. The molecule has 0 radical (unpaired) electrons. The second-order valence-electron chi connectivity index (χ2n) is 3.14. The summed E-state index contributed by atoms with van der Waals surface area (Å²) in [7, 11) is 0.